The molecule has 1 fully saturated rings. The number of aryl methyl sites for hydroxylation is 2. The number of carbonyl (C=O) groups excluding carboxylic acids is 3. The third-order valence-electron chi connectivity index (χ3n) is 3.38. The molecule has 0 unspecified atom stereocenters. The van der Waals surface area contributed by atoms with Crippen LogP contribution in [0.2, 0.25) is 0 Å². The van der Waals surface area contributed by atoms with Crippen molar-refractivity contribution in [3.8, 4) is 0 Å². The molecule has 5 heteroatoms. The quantitative estimate of drug-likeness (QED) is 0.578. The van der Waals surface area contributed by atoms with E-state index in [0.29, 0.717) is 0 Å². The Hall–Kier alpha value is -2.43. The second-order valence-corrected chi connectivity index (χ2v) is 4.93. The van der Waals surface area contributed by atoms with Gasteiger partial charge in [0.1, 0.15) is 5.57 Å². The van der Waals surface area contributed by atoms with Crippen molar-refractivity contribution < 1.29 is 14.4 Å². The first-order valence-corrected chi connectivity index (χ1v) is 6.22. The molecule has 5 nitrogen and oxygen atoms in total. The van der Waals surface area contributed by atoms with Crippen molar-refractivity contribution in [1.29, 1.82) is 0 Å². The standard InChI is InChI=1S/C15H16N2O3/c1-9-5-6-10(2)11(7-9)8-12-13(18)16(3)15(20)17(4)14(12)19/h5-8H,1-4H3. The summed E-state index contributed by atoms with van der Waals surface area (Å²) in [6, 6.07) is 5.18. The SMILES string of the molecule is Cc1ccc(C)c(C=C2C(=O)N(C)C(=O)N(C)C2=O)c1. The Morgan fingerprint density at radius 3 is 2.05 bits per heavy atom. The van der Waals surface area contributed by atoms with Crippen molar-refractivity contribution in [1.82, 2.24) is 9.80 Å². The second-order valence-electron chi connectivity index (χ2n) is 4.93. The van der Waals surface area contributed by atoms with E-state index in [1.807, 2.05) is 32.0 Å². The Balaban J connectivity index is 2.52. The summed E-state index contributed by atoms with van der Waals surface area (Å²) in [6.45, 7) is 3.84. The zero-order valence-corrected chi connectivity index (χ0v) is 11.9. The van der Waals surface area contributed by atoms with Gasteiger partial charge in [-0.3, -0.25) is 19.4 Å². The Bertz CT molecular complexity index is 621. The summed E-state index contributed by atoms with van der Waals surface area (Å²) < 4.78 is 0. The first-order chi connectivity index (χ1) is 9.32. The van der Waals surface area contributed by atoms with E-state index in [4.69, 9.17) is 0 Å². The van der Waals surface area contributed by atoms with E-state index in [-0.39, 0.29) is 5.57 Å². The number of rotatable bonds is 1. The van der Waals surface area contributed by atoms with Crippen LogP contribution in [0.4, 0.5) is 4.79 Å². The minimum Gasteiger partial charge on any atom is -0.268 e. The van der Waals surface area contributed by atoms with E-state index in [1.165, 1.54) is 14.1 Å². The van der Waals surface area contributed by atoms with Crippen LogP contribution in [0.25, 0.3) is 6.08 Å². The summed E-state index contributed by atoms with van der Waals surface area (Å²) in [6.07, 6.45) is 1.55. The maximum Gasteiger partial charge on any atom is 0.333 e. The fraction of sp³-hybridized carbons (Fsp3) is 0.267. The predicted octanol–water partition coefficient (Wildman–Crippen LogP) is 1.74. The molecule has 20 heavy (non-hydrogen) atoms. The van der Waals surface area contributed by atoms with Gasteiger partial charge in [-0.05, 0) is 31.1 Å². The molecular formula is C15H16N2O3. The highest BCUT2D eigenvalue weighted by molar-refractivity contribution is 6.30. The maximum atomic E-state index is 12.1. The van der Waals surface area contributed by atoms with Gasteiger partial charge in [-0.2, -0.15) is 0 Å². The van der Waals surface area contributed by atoms with Crippen LogP contribution in [0.1, 0.15) is 16.7 Å². The molecule has 0 saturated carbocycles. The van der Waals surface area contributed by atoms with Crippen molar-refractivity contribution in [3.05, 3.63) is 40.5 Å². The molecule has 0 spiro atoms. The summed E-state index contributed by atoms with van der Waals surface area (Å²) in [5, 5.41) is 0. The van der Waals surface area contributed by atoms with Gasteiger partial charge in [0.25, 0.3) is 11.8 Å². The average Bonchev–Trinajstić information content (AvgIpc) is 2.43. The topological polar surface area (TPSA) is 57.7 Å². The molecule has 2 rings (SSSR count). The van der Waals surface area contributed by atoms with Crippen LogP contribution in [-0.4, -0.2) is 41.7 Å². The van der Waals surface area contributed by atoms with Crippen molar-refractivity contribution >= 4 is 23.9 Å². The van der Waals surface area contributed by atoms with Gasteiger partial charge < -0.3 is 0 Å². The van der Waals surface area contributed by atoms with E-state index in [9.17, 15) is 14.4 Å². The monoisotopic (exact) mass is 272 g/mol. The van der Waals surface area contributed by atoms with Gasteiger partial charge in [0.05, 0.1) is 0 Å². The summed E-state index contributed by atoms with van der Waals surface area (Å²) in [5.74, 6) is -1.14. The molecule has 0 N–H and O–H groups in total. The van der Waals surface area contributed by atoms with Crippen LogP contribution in [0.3, 0.4) is 0 Å². The third-order valence-corrected chi connectivity index (χ3v) is 3.38. The molecule has 0 atom stereocenters. The second kappa shape index (κ2) is 4.92. The lowest BCUT2D eigenvalue weighted by atomic mass is 10.0. The molecule has 0 aromatic heterocycles. The summed E-state index contributed by atoms with van der Waals surface area (Å²) in [4.78, 5) is 37.7. The highest BCUT2D eigenvalue weighted by atomic mass is 16.2. The summed E-state index contributed by atoms with van der Waals surface area (Å²) in [7, 11) is 2.73. The van der Waals surface area contributed by atoms with Gasteiger partial charge in [0.2, 0.25) is 0 Å². The molecule has 1 heterocycles. The van der Waals surface area contributed by atoms with Crippen molar-refractivity contribution in [2.45, 2.75) is 13.8 Å². The Labute approximate surface area is 117 Å². The van der Waals surface area contributed by atoms with Crippen LogP contribution in [0.15, 0.2) is 23.8 Å². The molecule has 1 aromatic rings. The molecule has 4 amide bonds. The van der Waals surface area contributed by atoms with Crippen molar-refractivity contribution in [2.24, 2.45) is 0 Å². The minimum absolute atomic E-state index is 0.00306. The van der Waals surface area contributed by atoms with Crippen molar-refractivity contribution in [3.63, 3.8) is 0 Å². The van der Waals surface area contributed by atoms with Gasteiger partial charge in [0.15, 0.2) is 0 Å². The van der Waals surface area contributed by atoms with E-state index < -0.39 is 17.8 Å². The number of urea groups is 1. The first-order valence-electron chi connectivity index (χ1n) is 6.22. The highest BCUT2D eigenvalue weighted by Gasteiger charge is 2.37. The summed E-state index contributed by atoms with van der Waals surface area (Å²) >= 11 is 0. The number of benzene rings is 1. The highest BCUT2D eigenvalue weighted by Crippen LogP contribution is 2.20. The van der Waals surface area contributed by atoms with Crippen LogP contribution in [-0.2, 0) is 9.59 Å². The van der Waals surface area contributed by atoms with E-state index >= 15 is 0 Å². The summed E-state index contributed by atoms with van der Waals surface area (Å²) in [5.41, 5.74) is 2.81. The molecule has 1 aliphatic heterocycles. The van der Waals surface area contributed by atoms with Crippen LogP contribution < -0.4 is 0 Å². The number of barbiturate groups is 1. The molecule has 0 aliphatic carbocycles. The van der Waals surface area contributed by atoms with Gasteiger partial charge in [-0.1, -0.05) is 23.8 Å². The largest absolute Gasteiger partial charge is 0.333 e. The lowest BCUT2D eigenvalue weighted by Crippen LogP contribution is -2.52. The number of carbonyl (C=O) groups is 3. The Morgan fingerprint density at radius 1 is 0.950 bits per heavy atom. The number of nitrogens with zero attached hydrogens (tertiary/aromatic N) is 2. The van der Waals surface area contributed by atoms with Gasteiger partial charge >= 0.3 is 6.03 Å². The number of imide groups is 2. The molecule has 1 aliphatic rings. The molecule has 0 radical (unpaired) electrons. The lowest BCUT2D eigenvalue weighted by Gasteiger charge is -2.29. The molecular weight excluding hydrogens is 256 g/mol. The molecule has 104 valence electrons. The lowest BCUT2D eigenvalue weighted by molar-refractivity contribution is -0.134. The zero-order chi connectivity index (χ0) is 15.0. The van der Waals surface area contributed by atoms with Crippen LogP contribution >= 0.6 is 0 Å². The Morgan fingerprint density at radius 2 is 1.50 bits per heavy atom. The van der Waals surface area contributed by atoms with E-state index in [0.717, 1.165) is 26.5 Å². The zero-order valence-electron chi connectivity index (χ0n) is 11.9. The molecule has 1 saturated heterocycles. The van der Waals surface area contributed by atoms with Gasteiger partial charge in [-0.15, -0.1) is 0 Å². The number of amides is 4. The molecule has 0 bridgehead atoms. The van der Waals surface area contributed by atoms with E-state index in [1.54, 1.807) is 6.08 Å². The van der Waals surface area contributed by atoms with E-state index in [2.05, 4.69) is 0 Å². The minimum atomic E-state index is -0.613. The number of hydrogen-bond donors (Lipinski definition) is 0. The smallest absolute Gasteiger partial charge is 0.268 e. The predicted molar refractivity (Wildman–Crippen MR) is 74.8 cm³/mol. The molecule has 1 aromatic carbocycles. The fourth-order valence-electron chi connectivity index (χ4n) is 2.05. The van der Waals surface area contributed by atoms with Crippen LogP contribution in [0.5, 0.6) is 0 Å². The van der Waals surface area contributed by atoms with Gasteiger partial charge in [-0.25, -0.2) is 4.79 Å². The average molecular weight is 272 g/mol. The Kier molecular flexibility index (Phi) is 3.44. The van der Waals surface area contributed by atoms with Crippen LogP contribution in [0, 0.1) is 13.8 Å². The normalized spacial score (nSPS) is 16.0. The fourth-order valence-corrected chi connectivity index (χ4v) is 2.05. The maximum absolute atomic E-state index is 12.1. The number of likely N-dealkylation sites (N-methyl/N-ethyl adjacent to an activating group) is 2. The first kappa shape index (κ1) is 14.0. The third kappa shape index (κ3) is 2.22. The van der Waals surface area contributed by atoms with Gasteiger partial charge in [0, 0.05) is 14.1 Å². The number of hydrogen-bond acceptors (Lipinski definition) is 3. The van der Waals surface area contributed by atoms with Crippen molar-refractivity contribution in [2.75, 3.05) is 14.1 Å².